The third-order valence-electron chi connectivity index (χ3n) is 3.05. The van der Waals surface area contributed by atoms with Crippen molar-refractivity contribution in [3.8, 4) is 0 Å². The topological polar surface area (TPSA) is 55.1 Å². The smallest absolute Gasteiger partial charge is 0.161 e. The SMILES string of the molecule is CC(=O)c1cc(NCc2ccc(C)cc2)ccc1N. The lowest BCUT2D eigenvalue weighted by Crippen LogP contribution is -2.03. The molecule has 3 N–H and O–H groups in total. The molecule has 0 saturated heterocycles. The van der Waals surface area contributed by atoms with Crippen LogP contribution < -0.4 is 11.1 Å². The van der Waals surface area contributed by atoms with Crippen molar-refractivity contribution in [3.05, 3.63) is 59.2 Å². The maximum absolute atomic E-state index is 11.4. The summed E-state index contributed by atoms with van der Waals surface area (Å²) in [6.45, 7) is 4.31. The van der Waals surface area contributed by atoms with E-state index >= 15 is 0 Å². The van der Waals surface area contributed by atoms with Gasteiger partial charge in [0.05, 0.1) is 0 Å². The molecule has 3 heteroatoms. The molecule has 0 saturated carbocycles. The van der Waals surface area contributed by atoms with E-state index in [1.54, 1.807) is 12.1 Å². The molecular formula is C16H18N2O. The normalized spacial score (nSPS) is 10.2. The molecule has 0 radical (unpaired) electrons. The van der Waals surface area contributed by atoms with Gasteiger partial charge in [-0.15, -0.1) is 0 Å². The van der Waals surface area contributed by atoms with Crippen molar-refractivity contribution < 1.29 is 4.79 Å². The Morgan fingerprint density at radius 3 is 2.47 bits per heavy atom. The highest BCUT2D eigenvalue weighted by atomic mass is 16.1. The van der Waals surface area contributed by atoms with Gasteiger partial charge in [0.2, 0.25) is 0 Å². The van der Waals surface area contributed by atoms with Crippen LogP contribution in [0.4, 0.5) is 11.4 Å². The predicted molar refractivity (Wildman–Crippen MR) is 79.4 cm³/mol. The lowest BCUT2D eigenvalue weighted by Gasteiger charge is -2.09. The van der Waals surface area contributed by atoms with Crippen LogP contribution in [-0.4, -0.2) is 5.78 Å². The van der Waals surface area contributed by atoms with Crippen LogP contribution >= 0.6 is 0 Å². The summed E-state index contributed by atoms with van der Waals surface area (Å²) in [6, 6.07) is 13.8. The summed E-state index contributed by atoms with van der Waals surface area (Å²) in [5.74, 6) is -0.0171. The van der Waals surface area contributed by atoms with E-state index in [9.17, 15) is 4.79 Å². The van der Waals surface area contributed by atoms with Gasteiger partial charge in [0.1, 0.15) is 0 Å². The summed E-state index contributed by atoms with van der Waals surface area (Å²) in [4.78, 5) is 11.4. The Morgan fingerprint density at radius 1 is 1.16 bits per heavy atom. The molecule has 3 nitrogen and oxygen atoms in total. The third kappa shape index (κ3) is 3.35. The van der Waals surface area contributed by atoms with E-state index in [4.69, 9.17) is 5.73 Å². The fourth-order valence-corrected chi connectivity index (χ4v) is 1.88. The first kappa shape index (κ1) is 13.1. The Balaban J connectivity index is 2.09. The summed E-state index contributed by atoms with van der Waals surface area (Å²) in [6.07, 6.45) is 0. The molecule has 0 aromatic heterocycles. The van der Waals surface area contributed by atoms with Gasteiger partial charge in [-0.3, -0.25) is 4.79 Å². The third-order valence-corrected chi connectivity index (χ3v) is 3.05. The van der Waals surface area contributed by atoms with Crippen molar-refractivity contribution in [1.29, 1.82) is 0 Å². The number of hydrogen-bond donors (Lipinski definition) is 2. The highest BCUT2D eigenvalue weighted by Gasteiger charge is 2.05. The van der Waals surface area contributed by atoms with Gasteiger partial charge in [-0.05, 0) is 37.6 Å². The van der Waals surface area contributed by atoms with Crippen LogP contribution in [0.3, 0.4) is 0 Å². The van der Waals surface area contributed by atoms with Crippen LogP contribution in [0.15, 0.2) is 42.5 Å². The average molecular weight is 254 g/mol. The van der Waals surface area contributed by atoms with Gasteiger partial charge >= 0.3 is 0 Å². The number of rotatable bonds is 4. The van der Waals surface area contributed by atoms with Gasteiger partial charge in [0, 0.05) is 23.5 Å². The van der Waals surface area contributed by atoms with E-state index in [0.717, 1.165) is 12.2 Å². The number of carbonyl (C=O) groups excluding carboxylic acids is 1. The summed E-state index contributed by atoms with van der Waals surface area (Å²) in [7, 11) is 0. The zero-order valence-corrected chi connectivity index (χ0v) is 11.2. The van der Waals surface area contributed by atoms with Crippen molar-refractivity contribution in [1.82, 2.24) is 0 Å². The first-order valence-corrected chi connectivity index (χ1v) is 6.26. The molecule has 0 bridgehead atoms. The highest BCUT2D eigenvalue weighted by molar-refractivity contribution is 6.00. The minimum Gasteiger partial charge on any atom is -0.398 e. The molecule has 0 aliphatic carbocycles. The molecule has 0 atom stereocenters. The van der Waals surface area contributed by atoms with Crippen LogP contribution in [0.5, 0.6) is 0 Å². The van der Waals surface area contributed by atoms with Gasteiger partial charge in [-0.1, -0.05) is 29.8 Å². The molecule has 2 aromatic rings. The van der Waals surface area contributed by atoms with E-state index in [-0.39, 0.29) is 5.78 Å². The number of Topliss-reactive ketones (excluding diaryl/α,β-unsaturated/α-hetero) is 1. The molecule has 19 heavy (non-hydrogen) atoms. The molecule has 0 spiro atoms. The second-order valence-electron chi connectivity index (χ2n) is 4.70. The van der Waals surface area contributed by atoms with Crippen LogP contribution in [0, 0.1) is 6.92 Å². The first-order valence-electron chi connectivity index (χ1n) is 6.26. The lowest BCUT2D eigenvalue weighted by atomic mass is 10.1. The number of nitrogen functional groups attached to an aromatic ring is 1. The largest absolute Gasteiger partial charge is 0.398 e. The zero-order valence-electron chi connectivity index (χ0n) is 11.2. The fourth-order valence-electron chi connectivity index (χ4n) is 1.88. The average Bonchev–Trinajstić information content (AvgIpc) is 2.39. The molecule has 0 heterocycles. The minimum absolute atomic E-state index is 0.0171. The summed E-state index contributed by atoms with van der Waals surface area (Å²) in [5.41, 5.74) is 10.2. The number of nitrogens with one attached hydrogen (secondary N) is 1. The Kier molecular flexibility index (Phi) is 3.85. The standard InChI is InChI=1S/C16H18N2O/c1-11-3-5-13(6-4-11)10-18-14-7-8-16(17)15(9-14)12(2)19/h3-9,18H,10,17H2,1-2H3. The monoisotopic (exact) mass is 254 g/mol. The van der Waals surface area contributed by atoms with Crippen molar-refractivity contribution in [2.24, 2.45) is 0 Å². The van der Waals surface area contributed by atoms with Crippen molar-refractivity contribution >= 4 is 17.2 Å². The second kappa shape index (κ2) is 5.57. The Hall–Kier alpha value is -2.29. The minimum atomic E-state index is -0.0171. The molecular weight excluding hydrogens is 236 g/mol. The second-order valence-corrected chi connectivity index (χ2v) is 4.70. The van der Waals surface area contributed by atoms with Gasteiger partial charge in [-0.25, -0.2) is 0 Å². The molecule has 0 fully saturated rings. The first-order chi connectivity index (χ1) is 9.06. The fraction of sp³-hybridized carbons (Fsp3) is 0.188. The molecule has 2 aromatic carbocycles. The van der Waals surface area contributed by atoms with E-state index in [1.807, 2.05) is 6.07 Å². The highest BCUT2D eigenvalue weighted by Crippen LogP contribution is 2.19. The Bertz CT molecular complexity index is 588. The number of aryl methyl sites for hydroxylation is 1. The van der Waals surface area contributed by atoms with Crippen LogP contribution in [0.25, 0.3) is 0 Å². The maximum atomic E-state index is 11.4. The molecule has 0 aliphatic heterocycles. The Morgan fingerprint density at radius 2 is 1.84 bits per heavy atom. The van der Waals surface area contributed by atoms with Crippen molar-refractivity contribution in [2.45, 2.75) is 20.4 Å². The van der Waals surface area contributed by atoms with E-state index < -0.39 is 0 Å². The number of anilines is 2. The number of nitrogens with two attached hydrogens (primary N) is 1. The zero-order chi connectivity index (χ0) is 13.8. The molecule has 0 amide bonds. The lowest BCUT2D eigenvalue weighted by molar-refractivity contribution is 0.101. The van der Waals surface area contributed by atoms with E-state index in [1.165, 1.54) is 18.1 Å². The van der Waals surface area contributed by atoms with Gasteiger partial charge in [0.15, 0.2) is 5.78 Å². The van der Waals surface area contributed by atoms with Gasteiger partial charge in [-0.2, -0.15) is 0 Å². The number of carbonyl (C=O) groups is 1. The summed E-state index contributed by atoms with van der Waals surface area (Å²) in [5, 5.41) is 3.30. The van der Waals surface area contributed by atoms with Crippen LogP contribution in [-0.2, 0) is 6.54 Å². The van der Waals surface area contributed by atoms with Crippen LogP contribution in [0.2, 0.25) is 0 Å². The predicted octanol–water partition coefficient (Wildman–Crippen LogP) is 3.39. The molecule has 0 aliphatic rings. The summed E-state index contributed by atoms with van der Waals surface area (Å²) < 4.78 is 0. The maximum Gasteiger partial charge on any atom is 0.161 e. The number of benzene rings is 2. The van der Waals surface area contributed by atoms with Gasteiger partial charge in [0.25, 0.3) is 0 Å². The molecule has 98 valence electrons. The van der Waals surface area contributed by atoms with Crippen LogP contribution in [0.1, 0.15) is 28.4 Å². The van der Waals surface area contributed by atoms with Gasteiger partial charge < -0.3 is 11.1 Å². The summed E-state index contributed by atoms with van der Waals surface area (Å²) >= 11 is 0. The molecule has 2 rings (SSSR count). The Labute approximate surface area is 113 Å². The van der Waals surface area contributed by atoms with E-state index in [2.05, 4.69) is 36.5 Å². The quantitative estimate of drug-likeness (QED) is 0.649. The van der Waals surface area contributed by atoms with E-state index in [0.29, 0.717) is 11.3 Å². The van der Waals surface area contributed by atoms with Crippen molar-refractivity contribution in [2.75, 3.05) is 11.1 Å². The number of ketones is 1. The van der Waals surface area contributed by atoms with Crippen molar-refractivity contribution in [3.63, 3.8) is 0 Å². The molecule has 0 unspecified atom stereocenters. The number of hydrogen-bond acceptors (Lipinski definition) is 3.